The fourth-order valence-electron chi connectivity index (χ4n) is 0.818. The van der Waals surface area contributed by atoms with Gasteiger partial charge < -0.3 is 51.8 Å². The average molecular weight is 414 g/mol. The molecule has 0 spiro atoms. The third-order valence-corrected chi connectivity index (χ3v) is 2.63. The summed E-state index contributed by atoms with van der Waals surface area (Å²) in [5, 5.41) is 33.7. The first-order valence-electron chi connectivity index (χ1n) is 6.57. The molecule has 0 rings (SSSR count). The van der Waals surface area contributed by atoms with Crippen molar-refractivity contribution in [2.75, 3.05) is 47.5 Å². The average Bonchev–Trinajstić information content (AvgIpc) is 2.43. The zero-order valence-electron chi connectivity index (χ0n) is 14.0. The summed E-state index contributed by atoms with van der Waals surface area (Å²) in [5.74, 6) is -2.75. The van der Waals surface area contributed by atoms with Gasteiger partial charge in [-0.25, -0.2) is 14.2 Å². The van der Waals surface area contributed by atoms with Crippen molar-refractivity contribution < 1.29 is 70.5 Å². The van der Waals surface area contributed by atoms with Crippen molar-refractivity contribution >= 4 is 19.8 Å². The van der Waals surface area contributed by atoms with Crippen molar-refractivity contribution in [2.24, 2.45) is 0 Å². The van der Waals surface area contributed by atoms with E-state index in [0.29, 0.717) is 11.0 Å². The van der Waals surface area contributed by atoms with E-state index in [9.17, 15) is 14.2 Å². The van der Waals surface area contributed by atoms with Crippen LogP contribution in [0.15, 0.2) is 0 Å². The predicted molar refractivity (Wildman–Crippen MR) is 78.2 cm³/mol. The highest BCUT2D eigenvalue weighted by atomic mass is 35.5. The highest BCUT2D eigenvalue weighted by Gasteiger charge is 2.23. The lowest BCUT2D eigenvalue weighted by molar-refractivity contribution is -0.870. The maximum absolute atomic E-state index is 10.6. The van der Waals surface area contributed by atoms with Crippen LogP contribution in [0.1, 0.15) is 0 Å². The lowest BCUT2D eigenvalue weighted by atomic mass is 10.3. The van der Waals surface area contributed by atoms with Gasteiger partial charge in [0, 0.05) is 0 Å². The van der Waals surface area contributed by atoms with E-state index in [-0.39, 0.29) is 19.0 Å². The molecule has 6 N–H and O–H groups in total. The first-order valence-corrected chi connectivity index (χ1v) is 8.10. The van der Waals surface area contributed by atoms with Crippen LogP contribution in [-0.2, 0) is 23.4 Å². The molecule has 0 aliphatic rings. The minimum Gasteiger partial charge on any atom is -1.00 e. The van der Waals surface area contributed by atoms with Crippen molar-refractivity contribution in [3.63, 3.8) is 0 Å². The number of rotatable bonds is 8. The molecule has 0 radical (unpaired) electrons. The number of quaternary nitrogens is 1. The number of halogens is 1. The van der Waals surface area contributed by atoms with Gasteiger partial charge in [-0.2, -0.15) is 0 Å². The number of likely N-dealkylation sites (N-methyl/N-ethyl adjacent to an activating group) is 1. The topological polar surface area (TPSA) is 191 Å². The molecule has 0 aliphatic carbocycles. The van der Waals surface area contributed by atoms with E-state index in [1.807, 2.05) is 21.1 Å². The summed E-state index contributed by atoms with van der Waals surface area (Å²) in [4.78, 5) is 37.7. The normalized spacial score (nSPS) is 13.6. The molecule has 0 fully saturated rings. The summed E-state index contributed by atoms with van der Waals surface area (Å²) in [7, 11) is 1.50. The molecule has 2 unspecified atom stereocenters. The molecule has 14 heteroatoms. The molecule has 152 valence electrons. The Hall–Kier alpha value is -0.660. The van der Waals surface area contributed by atoms with Gasteiger partial charge in [-0.1, -0.05) is 0 Å². The molecule has 0 heterocycles. The largest absolute Gasteiger partial charge is 1.00 e. The fourth-order valence-corrected chi connectivity index (χ4v) is 1.14. The summed E-state index contributed by atoms with van der Waals surface area (Å²) < 4.78 is 18.9. The van der Waals surface area contributed by atoms with Gasteiger partial charge in [0.05, 0.1) is 34.4 Å². The number of aliphatic hydroxyl groups is 4. The van der Waals surface area contributed by atoms with Gasteiger partial charge in [-0.05, 0) is 0 Å². The Kier molecular flexibility index (Phi) is 15.8. The maximum atomic E-state index is 10.6. The third kappa shape index (κ3) is 19.5. The summed E-state index contributed by atoms with van der Waals surface area (Å²) in [6, 6.07) is 0. The zero-order chi connectivity index (χ0) is 19.6. The SMILES string of the molecule is C[N+](C)(C)CCOP(=O)(O)O.O=C(OC(=O)C(O)CO)C(O)CO.[Cl-]. The molecule has 0 aromatic heterocycles. The highest BCUT2D eigenvalue weighted by Crippen LogP contribution is 2.35. The molecule has 0 amide bonds. The second-order valence-electron chi connectivity index (χ2n) is 5.47. The molecule has 0 aromatic carbocycles. The van der Waals surface area contributed by atoms with Gasteiger partial charge in [0.2, 0.25) is 0 Å². The zero-order valence-corrected chi connectivity index (χ0v) is 15.6. The van der Waals surface area contributed by atoms with Crippen LogP contribution < -0.4 is 12.4 Å². The lowest BCUT2D eigenvalue weighted by Crippen LogP contribution is -3.00. The van der Waals surface area contributed by atoms with E-state index < -0.39 is 45.2 Å². The first-order chi connectivity index (χ1) is 10.7. The van der Waals surface area contributed by atoms with E-state index in [2.05, 4.69) is 9.26 Å². The Morgan fingerprint density at radius 1 is 1.00 bits per heavy atom. The van der Waals surface area contributed by atoms with E-state index >= 15 is 0 Å². The van der Waals surface area contributed by atoms with Crippen LogP contribution in [0.5, 0.6) is 0 Å². The van der Waals surface area contributed by atoms with Crippen LogP contribution in [0.25, 0.3) is 0 Å². The molecule has 0 saturated carbocycles. The Morgan fingerprint density at radius 3 is 1.60 bits per heavy atom. The summed E-state index contributed by atoms with van der Waals surface area (Å²) in [6.07, 6.45) is -3.65. The third-order valence-electron chi connectivity index (χ3n) is 2.11. The molecule has 25 heavy (non-hydrogen) atoms. The predicted octanol–water partition coefficient (Wildman–Crippen LogP) is -6.43. The van der Waals surface area contributed by atoms with Gasteiger partial charge in [0.1, 0.15) is 13.2 Å². The van der Waals surface area contributed by atoms with Crippen molar-refractivity contribution in [3.8, 4) is 0 Å². The van der Waals surface area contributed by atoms with Gasteiger partial charge in [-0.3, -0.25) is 4.52 Å². The van der Waals surface area contributed by atoms with Crippen molar-refractivity contribution in [1.82, 2.24) is 0 Å². The number of hydrogen-bond acceptors (Lipinski definition) is 9. The standard InChI is InChI=1S/C6H10O7.C5H14NO4P.ClH/c7-1-3(9)5(11)13-6(12)4(10)2-8;1-6(2,3)4-5-10-11(7,8)9;/h3-4,7-10H,1-2H2;4-5H2,1-3H3,(H-,7,8,9);1H. The van der Waals surface area contributed by atoms with E-state index in [1.165, 1.54) is 0 Å². The summed E-state index contributed by atoms with van der Waals surface area (Å²) >= 11 is 0. The quantitative estimate of drug-likeness (QED) is 0.0959. The molecular formula is C11H25ClNO11P. The minimum atomic E-state index is -4.26. The molecule has 0 saturated heterocycles. The number of carbonyl (C=O) groups excluding carboxylic acids is 2. The molecule has 0 bridgehead atoms. The van der Waals surface area contributed by atoms with Gasteiger partial charge in [0.15, 0.2) is 12.2 Å². The van der Waals surface area contributed by atoms with Gasteiger partial charge >= 0.3 is 19.8 Å². The minimum absolute atomic E-state index is 0. The number of carbonyl (C=O) groups is 2. The number of aliphatic hydroxyl groups excluding tert-OH is 4. The molecule has 12 nitrogen and oxygen atoms in total. The maximum Gasteiger partial charge on any atom is 0.469 e. The Labute approximate surface area is 150 Å². The van der Waals surface area contributed by atoms with Crippen molar-refractivity contribution in [3.05, 3.63) is 0 Å². The van der Waals surface area contributed by atoms with Crippen molar-refractivity contribution in [1.29, 1.82) is 0 Å². The first kappa shape index (κ1) is 29.1. The number of nitrogens with zero attached hydrogens (tertiary/aromatic N) is 1. The van der Waals surface area contributed by atoms with Crippen LogP contribution in [0, 0.1) is 0 Å². The summed E-state index contributed by atoms with van der Waals surface area (Å²) in [5.41, 5.74) is 0. The Morgan fingerprint density at radius 2 is 1.36 bits per heavy atom. The van der Waals surface area contributed by atoms with Crippen LogP contribution in [0.2, 0.25) is 0 Å². The molecular weight excluding hydrogens is 389 g/mol. The smallest absolute Gasteiger partial charge is 0.469 e. The molecule has 0 aliphatic heterocycles. The van der Waals surface area contributed by atoms with Crippen molar-refractivity contribution in [2.45, 2.75) is 12.2 Å². The second-order valence-corrected chi connectivity index (χ2v) is 6.71. The van der Waals surface area contributed by atoms with Gasteiger partial charge in [-0.15, -0.1) is 0 Å². The van der Waals surface area contributed by atoms with Crippen LogP contribution in [0.4, 0.5) is 0 Å². The monoisotopic (exact) mass is 413 g/mol. The second kappa shape index (κ2) is 13.5. The molecule has 0 aromatic rings. The highest BCUT2D eigenvalue weighted by molar-refractivity contribution is 7.46. The Bertz CT molecular complexity index is 416. The van der Waals surface area contributed by atoms with Crippen LogP contribution >= 0.6 is 7.82 Å². The van der Waals surface area contributed by atoms with E-state index in [0.717, 1.165) is 0 Å². The van der Waals surface area contributed by atoms with E-state index in [4.69, 9.17) is 30.2 Å². The Balaban J connectivity index is -0.000000377. The number of ether oxygens (including phenoxy) is 1. The van der Waals surface area contributed by atoms with Crippen LogP contribution in [-0.4, -0.2) is 106 Å². The van der Waals surface area contributed by atoms with Crippen LogP contribution in [0.3, 0.4) is 0 Å². The number of hydrogen-bond donors (Lipinski definition) is 6. The van der Waals surface area contributed by atoms with E-state index in [1.54, 1.807) is 0 Å². The fraction of sp³-hybridized carbons (Fsp3) is 0.818. The summed E-state index contributed by atoms with van der Waals surface area (Å²) in [6.45, 7) is -1.12. The number of phosphoric ester groups is 1. The lowest BCUT2D eigenvalue weighted by Gasteiger charge is -2.23. The molecule has 2 atom stereocenters. The number of esters is 2. The number of phosphoric acid groups is 1. The van der Waals surface area contributed by atoms with Gasteiger partial charge in [0.25, 0.3) is 0 Å².